The average molecular weight is 182 g/mol. The molecule has 1 rings (SSSR count). The molecule has 0 bridgehead atoms. The normalized spacial score (nSPS) is 26.3. The second-order valence-electron chi connectivity index (χ2n) is 5.49. The molecule has 0 spiro atoms. The summed E-state index contributed by atoms with van der Waals surface area (Å²) < 4.78 is 0. The predicted octanol–water partition coefficient (Wildman–Crippen LogP) is 4.93. The van der Waals surface area contributed by atoms with Crippen LogP contribution >= 0.6 is 0 Å². The third-order valence-corrected chi connectivity index (χ3v) is 3.46. The quantitative estimate of drug-likeness (QED) is 0.498. The Morgan fingerprint density at radius 1 is 0.538 bits per heavy atom. The van der Waals surface area contributed by atoms with Crippen molar-refractivity contribution in [2.24, 2.45) is 5.41 Å². The maximum Gasteiger partial charge on any atom is -0.0354 e. The molecule has 78 valence electrons. The van der Waals surface area contributed by atoms with Gasteiger partial charge in [0.15, 0.2) is 0 Å². The van der Waals surface area contributed by atoms with Gasteiger partial charge in [-0.25, -0.2) is 0 Å². The molecule has 13 heavy (non-hydrogen) atoms. The first-order valence-corrected chi connectivity index (χ1v) is 6.21. The first kappa shape index (κ1) is 11.1. The largest absolute Gasteiger partial charge is 0.0599 e. The van der Waals surface area contributed by atoms with Gasteiger partial charge in [0.2, 0.25) is 0 Å². The Morgan fingerprint density at radius 3 is 1.23 bits per heavy atom. The van der Waals surface area contributed by atoms with Crippen LogP contribution < -0.4 is 0 Å². The molecule has 0 aromatic carbocycles. The summed E-state index contributed by atoms with van der Waals surface area (Å²) in [6, 6.07) is 0. The molecule has 1 aliphatic carbocycles. The van der Waals surface area contributed by atoms with E-state index in [-0.39, 0.29) is 0 Å². The van der Waals surface area contributed by atoms with E-state index in [4.69, 9.17) is 0 Å². The van der Waals surface area contributed by atoms with Crippen LogP contribution in [0.3, 0.4) is 0 Å². The van der Waals surface area contributed by atoms with Crippen molar-refractivity contribution in [3.8, 4) is 0 Å². The zero-order valence-corrected chi connectivity index (χ0v) is 9.57. The number of hydrogen-bond acceptors (Lipinski definition) is 0. The lowest BCUT2D eigenvalue weighted by molar-refractivity contribution is 0.286. The molecule has 0 heterocycles. The van der Waals surface area contributed by atoms with Gasteiger partial charge >= 0.3 is 0 Å². The molecule has 1 fully saturated rings. The van der Waals surface area contributed by atoms with Gasteiger partial charge in [0.05, 0.1) is 0 Å². The zero-order valence-electron chi connectivity index (χ0n) is 9.57. The molecule has 0 saturated heterocycles. The first-order valence-electron chi connectivity index (χ1n) is 6.21. The molecule has 0 aliphatic heterocycles. The fourth-order valence-electron chi connectivity index (χ4n) is 2.39. The molecule has 1 saturated carbocycles. The summed E-state index contributed by atoms with van der Waals surface area (Å²) in [5.41, 5.74) is 0.629. The first-order chi connectivity index (χ1) is 6.21. The minimum atomic E-state index is 0.629. The molecular weight excluding hydrogens is 156 g/mol. The Labute approximate surface area is 84.1 Å². The van der Waals surface area contributed by atoms with Crippen LogP contribution in [0.5, 0.6) is 0 Å². The summed E-state index contributed by atoms with van der Waals surface area (Å²) in [6.07, 6.45) is 14.7. The van der Waals surface area contributed by atoms with E-state index in [1.807, 2.05) is 0 Å². The maximum atomic E-state index is 2.45. The summed E-state index contributed by atoms with van der Waals surface area (Å²) in [4.78, 5) is 0. The number of hydrogen-bond donors (Lipinski definition) is 0. The lowest BCUT2D eigenvalue weighted by atomic mass is 9.82. The summed E-state index contributed by atoms with van der Waals surface area (Å²) in [5, 5.41) is 0. The molecule has 0 heteroatoms. The Kier molecular flexibility index (Phi) is 4.83. The van der Waals surface area contributed by atoms with E-state index < -0.39 is 0 Å². The lowest BCUT2D eigenvalue weighted by Gasteiger charge is -2.24. The third kappa shape index (κ3) is 5.33. The highest BCUT2D eigenvalue weighted by atomic mass is 14.2. The van der Waals surface area contributed by atoms with E-state index >= 15 is 0 Å². The van der Waals surface area contributed by atoms with Gasteiger partial charge in [-0.2, -0.15) is 0 Å². The van der Waals surface area contributed by atoms with Gasteiger partial charge in [0.1, 0.15) is 0 Å². The van der Waals surface area contributed by atoms with Gasteiger partial charge in [-0.3, -0.25) is 0 Å². The average Bonchev–Trinajstić information content (AvgIpc) is 2.10. The molecule has 0 aromatic rings. The van der Waals surface area contributed by atoms with Gasteiger partial charge < -0.3 is 0 Å². The SMILES string of the molecule is CC1(C)CCCCCCCCCC1. The molecule has 0 N–H and O–H groups in total. The lowest BCUT2D eigenvalue weighted by Crippen LogP contribution is -2.10. The van der Waals surface area contributed by atoms with Crippen molar-refractivity contribution in [2.75, 3.05) is 0 Å². The fourth-order valence-corrected chi connectivity index (χ4v) is 2.39. The summed E-state index contributed by atoms with van der Waals surface area (Å²) in [5.74, 6) is 0. The van der Waals surface area contributed by atoms with E-state index in [2.05, 4.69) is 13.8 Å². The second kappa shape index (κ2) is 5.67. The molecule has 0 nitrogen and oxygen atoms in total. The summed E-state index contributed by atoms with van der Waals surface area (Å²) in [7, 11) is 0. The van der Waals surface area contributed by atoms with Crippen molar-refractivity contribution in [3.63, 3.8) is 0 Å². The minimum Gasteiger partial charge on any atom is -0.0599 e. The van der Waals surface area contributed by atoms with Crippen molar-refractivity contribution in [2.45, 2.75) is 78.1 Å². The van der Waals surface area contributed by atoms with Crippen LogP contribution in [-0.4, -0.2) is 0 Å². The molecular formula is C13H26. The second-order valence-corrected chi connectivity index (χ2v) is 5.49. The van der Waals surface area contributed by atoms with Crippen molar-refractivity contribution in [3.05, 3.63) is 0 Å². The van der Waals surface area contributed by atoms with E-state index in [0.717, 1.165) is 0 Å². The van der Waals surface area contributed by atoms with Crippen LogP contribution in [0.15, 0.2) is 0 Å². The number of rotatable bonds is 0. The van der Waals surface area contributed by atoms with Crippen LogP contribution in [-0.2, 0) is 0 Å². The van der Waals surface area contributed by atoms with Gasteiger partial charge in [-0.15, -0.1) is 0 Å². The molecule has 1 aliphatic rings. The van der Waals surface area contributed by atoms with Gasteiger partial charge in [-0.05, 0) is 18.3 Å². The Bertz CT molecular complexity index is 110. The van der Waals surface area contributed by atoms with Gasteiger partial charge in [-0.1, -0.05) is 65.2 Å². The summed E-state index contributed by atoms with van der Waals surface area (Å²) >= 11 is 0. The Hall–Kier alpha value is 0. The minimum absolute atomic E-state index is 0.629. The van der Waals surface area contributed by atoms with E-state index in [1.54, 1.807) is 0 Å². The van der Waals surface area contributed by atoms with Crippen molar-refractivity contribution < 1.29 is 0 Å². The molecule has 0 unspecified atom stereocenters. The molecule has 0 atom stereocenters. The Balaban J connectivity index is 2.27. The standard InChI is InChI=1S/C13H26/c1-13(2)11-9-7-5-3-4-6-8-10-12-13/h3-12H2,1-2H3. The van der Waals surface area contributed by atoms with Crippen LogP contribution in [0.1, 0.15) is 78.1 Å². The molecule has 0 radical (unpaired) electrons. The van der Waals surface area contributed by atoms with Gasteiger partial charge in [0.25, 0.3) is 0 Å². The van der Waals surface area contributed by atoms with Crippen molar-refractivity contribution >= 4 is 0 Å². The van der Waals surface area contributed by atoms with Crippen LogP contribution in [0.2, 0.25) is 0 Å². The topological polar surface area (TPSA) is 0 Å². The van der Waals surface area contributed by atoms with Crippen LogP contribution in [0.4, 0.5) is 0 Å². The van der Waals surface area contributed by atoms with E-state index in [1.165, 1.54) is 64.2 Å². The van der Waals surface area contributed by atoms with Crippen LogP contribution in [0, 0.1) is 5.41 Å². The van der Waals surface area contributed by atoms with E-state index in [0.29, 0.717) is 5.41 Å². The maximum absolute atomic E-state index is 2.45. The molecule has 0 amide bonds. The highest BCUT2D eigenvalue weighted by molar-refractivity contribution is 4.69. The summed E-state index contributed by atoms with van der Waals surface area (Å²) in [6.45, 7) is 4.90. The highest BCUT2D eigenvalue weighted by Crippen LogP contribution is 2.31. The monoisotopic (exact) mass is 182 g/mol. The molecule has 0 aromatic heterocycles. The van der Waals surface area contributed by atoms with Crippen LogP contribution in [0.25, 0.3) is 0 Å². The Morgan fingerprint density at radius 2 is 0.846 bits per heavy atom. The van der Waals surface area contributed by atoms with Gasteiger partial charge in [0, 0.05) is 0 Å². The predicted molar refractivity (Wildman–Crippen MR) is 60.0 cm³/mol. The smallest absolute Gasteiger partial charge is 0.0354 e. The van der Waals surface area contributed by atoms with Crippen molar-refractivity contribution in [1.29, 1.82) is 0 Å². The third-order valence-electron chi connectivity index (χ3n) is 3.46. The van der Waals surface area contributed by atoms with E-state index in [9.17, 15) is 0 Å². The zero-order chi connectivity index (χ0) is 9.57. The fraction of sp³-hybridized carbons (Fsp3) is 1.00. The van der Waals surface area contributed by atoms with Crippen molar-refractivity contribution in [1.82, 2.24) is 0 Å². The highest BCUT2D eigenvalue weighted by Gasteiger charge is 2.16.